The van der Waals surface area contributed by atoms with Gasteiger partial charge in [-0.2, -0.15) is 0 Å². The maximum Gasteiger partial charge on any atom is 0.309 e. The summed E-state index contributed by atoms with van der Waals surface area (Å²) in [6, 6.07) is 2.70. The van der Waals surface area contributed by atoms with Crippen LogP contribution in [-0.4, -0.2) is 18.5 Å². The number of carbonyl (C=O) groups is 2. The molecule has 0 saturated heterocycles. The third kappa shape index (κ3) is 3.27. The van der Waals surface area contributed by atoms with Crippen molar-refractivity contribution in [2.24, 2.45) is 17.8 Å². The maximum absolute atomic E-state index is 13.7. The van der Waals surface area contributed by atoms with Crippen LogP contribution in [0.15, 0.2) is 12.1 Å². The van der Waals surface area contributed by atoms with Gasteiger partial charge in [0.05, 0.1) is 12.5 Å². The Hall–Kier alpha value is -1.95. The molecule has 134 valence electrons. The molecule has 1 aromatic rings. The van der Waals surface area contributed by atoms with E-state index in [1.807, 2.05) is 0 Å². The Kier molecular flexibility index (Phi) is 4.46. The summed E-state index contributed by atoms with van der Waals surface area (Å²) < 4.78 is 29.8. The van der Waals surface area contributed by atoms with Gasteiger partial charge in [-0.3, -0.25) is 9.59 Å². The Labute approximate surface area is 145 Å². The number of esters is 1. The number of ether oxygens (including phenoxy) is 3. The summed E-state index contributed by atoms with van der Waals surface area (Å²) in [6.45, 7) is 0.356. The van der Waals surface area contributed by atoms with Gasteiger partial charge in [0, 0.05) is 23.0 Å². The van der Waals surface area contributed by atoms with Crippen molar-refractivity contribution in [2.45, 2.75) is 45.3 Å². The van der Waals surface area contributed by atoms with Crippen LogP contribution in [0.25, 0.3) is 0 Å². The van der Waals surface area contributed by atoms with Gasteiger partial charge in [0.15, 0.2) is 6.79 Å². The predicted molar refractivity (Wildman–Crippen MR) is 85.0 cm³/mol. The molecule has 2 fully saturated rings. The molecule has 1 aliphatic heterocycles. The molecule has 5 nitrogen and oxygen atoms in total. The minimum Gasteiger partial charge on any atom is -0.467 e. The summed E-state index contributed by atoms with van der Waals surface area (Å²) in [5, 5.41) is 0. The van der Waals surface area contributed by atoms with E-state index < -0.39 is 5.82 Å². The average molecular weight is 348 g/mol. The number of halogens is 1. The fourth-order valence-corrected chi connectivity index (χ4v) is 4.30. The van der Waals surface area contributed by atoms with Gasteiger partial charge in [-0.1, -0.05) is 6.42 Å². The van der Waals surface area contributed by atoms with Crippen molar-refractivity contribution >= 4 is 11.8 Å². The van der Waals surface area contributed by atoms with Crippen molar-refractivity contribution in [1.82, 2.24) is 0 Å². The highest BCUT2D eigenvalue weighted by atomic mass is 19.1. The number of ketones is 1. The standard InChI is InChI=1S/C19H21FO5/c20-16-6-14-8-23-10-25-18(14)15(7-16)9-24-19(22)13-4-11-2-1-3-12(5-13)17(11)21/h6-7,11-13H,1-5,8-10H2. The molecule has 1 aromatic carbocycles. The zero-order valence-electron chi connectivity index (χ0n) is 14.0. The second kappa shape index (κ2) is 6.75. The van der Waals surface area contributed by atoms with E-state index in [0.29, 0.717) is 35.5 Å². The molecule has 0 N–H and O–H groups in total. The van der Waals surface area contributed by atoms with Gasteiger partial charge in [-0.05, 0) is 37.8 Å². The highest BCUT2D eigenvalue weighted by Crippen LogP contribution is 2.40. The molecule has 2 unspecified atom stereocenters. The second-order valence-electron chi connectivity index (χ2n) is 7.17. The first-order valence-corrected chi connectivity index (χ1v) is 8.84. The quantitative estimate of drug-likeness (QED) is 0.786. The van der Waals surface area contributed by atoms with Crippen LogP contribution in [0.2, 0.25) is 0 Å². The third-order valence-electron chi connectivity index (χ3n) is 5.50. The molecule has 4 rings (SSSR count). The van der Waals surface area contributed by atoms with Crippen molar-refractivity contribution in [1.29, 1.82) is 0 Å². The molecular weight excluding hydrogens is 327 g/mol. The lowest BCUT2D eigenvalue weighted by atomic mass is 9.67. The second-order valence-corrected chi connectivity index (χ2v) is 7.17. The van der Waals surface area contributed by atoms with E-state index in [-0.39, 0.29) is 43.7 Å². The van der Waals surface area contributed by atoms with Crippen LogP contribution in [0.3, 0.4) is 0 Å². The lowest BCUT2D eigenvalue weighted by Gasteiger charge is -2.36. The number of Topliss-reactive ketones (excluding diaryl/α,β-unsaturated/α-hetero) is 1. The zero-order valence-corrected chi connectivity index (χ0v) is 14.0. The largest absolute Gasteiger partial charge is 0.467 e. The summed E-state index contributed by atoms with van der Waals surface area (Å²) >= 11 is 0. The monoisotopic (exact) mass is 348 g/mol. The summed E-state index contributed by atoms with van der Waals surface area (Å²) in [7, 11) is 0. The van der Waals surface area contributed by atoms with Crippen LogP contribution in [0.5, 0.6) is 5.75 Å². The number of benzene rings is 1. The first-order valence-electron chi connectivity index (χ1n) is 8.84. The topological polar surface area (TPSA) is 61.8 Å². The van der Waals surface area contributed by atoms with Crippen molar-refractivity contribution in [2.75, 3.05) is 6.79 Å². The lowest BCUT2D eigenvalue weighted by molar-refractivity contribution is -0.154. The number of carbonyl (C=O) groups excluding carboxylic acids is 2. The molecule has 2 atom stereocenters. The van der Waals surface area contributed by atoms with Crippen molar-refractivity contribution in [3.63, 3.8) is 0 Å². The predicted octanol–water partition coefficient (Wildman–Crippen LogP) is 3.13. The fraction of sp³-hybridized carbons (Fsp3) is 0.579. The van der Waals surface area contributed by atoms with Gasteiger partial charge in [0.25, 0.3) is 0 Å². The van der Waals surface area contributed by atoms with Gasteiger partial charge in [0.2, 0.25) is 0 Å². The average Bonchev–Trinajstić information content (AvgIpc) is 2.59. The highest BCUT2D eigenvalue weighted by Gasteiger charge is 2.41. The molecule has 2 aliphatic carbocycles. The molecule has 3 aliphatic rings. The van der Waals surface area contributed by atoms with Gasteiger partial charge < -0.3 is 14.2 Å². The third-order valence-corrected chi connectivity index (χ3v) is 5.50. The molecular formula is C19H21FO5. The Balaban J connectivity index is 1.43. The Bertz CT molecular complexity index is 685. The van der Waals surface area contributed by atoms with Crippen LogP contribution in [0, 0.1) is 23.6 Å². The summed E-state index contributed by atoms with van der Waals surface area (Å²) in [4.78, 5) is 24.6. The van der Waals surface area contributed by atoms with Crippen LogP contribution >= 0.6 is 0 Å². The van der Waals surface area contributed by atoms with E-state index in [1.54, 1.807) is 0 Å². The minimum atomic E-state index is -0.406. The summed E-state index contributed by atoms with van der Waals surface area (Å²) in [5.41, 5.74) is 1.13. The van der Waals surface area contributed by atoms with Gasteiger partial charge in [-0.15, -0.1) is 0 Å². The normalized spacial score (nSPS) is 28.0. The minimum absolute atomic E-state index is 0.00691. The lowest BCUT2D eigenvalue weighted by Crippen LogP contribution is -2.39. The first-order chi connectivity index (χ1) is 12.1. The molecule has 6 heteroatoms. The maximum atomic E-state index is 13.7. The van der Waals surface area contributed by atoms with Crippen molar-refractivity contribution < 1.29 is 28.2 Å². The van der Waals surface area contributed by atoms with Crippen LogP contribution in [0.1, 0.15) is 43.2 Å². The molecule has 0 radical (unpaired) electrons. The van der Waals surface area contributed by atoms with E-state index in [1.165, 1.54) is 12.1 Å². The van der Waals surface area contributed by atoms with Crippen LogP contribution < -0.4 is 4.74 Å². The Morgan fingerprint density at radius 3 is 2.76 bits per heavy atom. The number of rotatable bonds is 3. The van der Waals surface area contributed by atoms with E-state index in [4.69, 9.17) is 14.2 Å². The van der Waals surface area contributed by atoms with E-state index in [2.05, 4.69) is 0 Å². The highest BCUT2D eigenvalue weighted by molar-refractivity contribution is 5.87. The van der Waals surface area contributed by atoms with Crippen molar-refractivity contribution in [3.05, 3.63) is 29.1 Å². The molecule has 2 bridgehead atoms. The number of hydrogen-bond donors (Lipinski definition) is 0. The van der Waals surface area contributed by atoms with E-state index in [9.17, 15) is 14.0 Å². The molecule has 1 heterocycles. The van der Waals surface area contributed by atoms with E-state index in [0.717, 1.165) is 19.3 Å². The smallest absolute Gasteiger partial charge is 0.309 e. The Morgan fingerprint density at radius 1 is 1.24 bits per heavy atom. The summed E-state index contributed by atoms with van der Waals surface area (Å²) in [6.07, 6.45) is 3.99. The number of fused-ring (bicyclic) bond motifs is 3. The molecule has 0 spiro atoms. The van der Waals surface area contributed by atoms with Crippen molar-refractivity contribution in [3.8, 4) is 5.75 Å². The fourth-order valence-electron chi connectivity index (χ4n) is 4.30. The molecule has 0 amide bonds. The number of hydrogen-bond acceptors (Lipinski definition) is 5. The zero-order chi connectivity index (χ0) is 17.4. The Morgan fingerprint density at radius 2 is 2.00 bits per heavy atom. The van der Waals surface area contributed by atoms with Crippen LogP contribution in [-0.2, 0) is 32.3 Å². The molecule has 25 heavy (non-hydrogen) atoms. The molecule has 2 saturated carbocycles. The van der Waals surface area contributed by atoms with Gasteiger partial charge in [0.1, 0.15) is 24.0 Å². The van der Waals surface area contributed by atoms with E-state index >= 15 is 0 Å². The van der Waals surface area contributed by atoms with Crippen LogP contribution in [0.4, 0.5) is 4.39 Å². The summed E-state index contributed by atoms with van der Waals surface area (Å²) in [5.74, 6) is -0.0632. The van der Waals surface area contributed by atoms with Gasteiger partial charge in [-0.25, -0.2) is 4.39 Å². The molecule has 0 aromatic heterocycles. The SMILES string of the molecule is O=C(OCc1cc(F)cc2c1OCOC2)C1CC2CCCC(C1)C2=O. The first kappa shape index (κ1) is 16.5. The van der Waals surface area contributed by atoms with Gasteiger partial charge >= 0.3 is 5.97 Å².